The predicted octanol–water partition coefficient (Wildman–Crippen LogP) is 2.41. The van der Waals surface area contributed by atoms with Crippen LogP contribution in [0, 0.1) is 0 Å². The molecule has 1 amide bonds. The number of nitrogens with one attached hydrogen (secondary N) is 1. The average Bonchev–Trinajstić information content (AvgIpc) is 3.48. The molecule has 9 nitrogen and oxygen atoms in total. The fourth-order valence-corrected chi connectivity index (χ4v) is 4.07. The van der Waals surface area contributed by atoms with Gasteiger partial charge in [0.05, 0.1) is 25.4 Å². The zero-order chi connectivity index (χ0) is 22.9. The van der Waals surface area contributed by atoms with E-state index < -0.39 is 6.61 Å². The van der Waals surface area contributed by atoms with Crippen LogP contribution in [-0.4, -0.2) is 57.4 Å². The van der Waals surface area contributed by atoms with Crippen LogP contribution in [-0.2, 0) is 24.8 Å². The number of fused-ring (bicyclic) bond motifs is 2. The van der Waals surface area contributed by atoms with Crippen molar-refractivity contribution in [3.63, 3.8) is 0 Å². The molecule has 0 fully saturated rings. The second kappa shape index (κ2) is 8.81. The lowest BCUT2D eigenvalue weighted by Gasteiger charge is -2.26. The van der Waals surface area contributed by atoms with Crippen molar-refractivity contribution in [3.05, 3.63) is 47.9 Å². The van der Waals surface area contributed by atoms with Crippen LogP contribution in [0.2, 0.25) is 0 Å². The summed E-state index contributed by atoms with van der Waals surface area (Å²) >= 11 is 0. The van der Waals surface area contributed by atoms with Crippen LogP contribution >= 0.6 is 0 Å². The molecule has 0 radical (unpaired) electrons. The summed E-state index contributed by atoms with van der Waals surface area (Å²) in [5, 5.41) is 11.5. The van der Waals surface area contributed by atoms with Gasteiger partial charge in [-0.05, 0) is 29.7 Å². The molecule has 33 heavy (non-hydrogen) atoms. The number of alkyl halides is 2. The number of carbonyl (C=O) groups excluding carboxylic acids is 1. The highest BCUT2D eigenvalue weighted by molar-refractivity contribution is 5.92. The van der Waals surface area contributed by atoms with Gasteiger partial charge in [-0.25, -0.2) is 4.68 Å². The standard InChI is InChI=1S/C22H23F2N5O4/c1-28-10-15(9-25-28)13-2-3-19-14(6-13)7-16(12-32-19)26-21(30)18-8-20-29(27-18)11-17(33-20)4-5-31-22(23)24/h2-3,6,8-10,16-17,22H,4-5,7,11-12H2,1H3,(H,26,30)/t16-,17-/m1/s1. The Morgan fingerprint density at radius 2 is 2.21 bits per heavy atom. The molecule has 0 spiro atoms. The second-order valence-electron chi connectivity index (χ2n) is 8.12. The first-order valence-corrected chi connectivity index (χ1v) is 10.6. The van der Waals surface area contributed by atoms with Crippen LogP contribution < -0.4 is 14.8 Å². The second-order valence-corrected chi connectivity index (χ2v) is 8.12. The molecule has 2 aliphatic heterocycles. The van der Waals surface area contributed by atoms with E-state index in [1.165, 1.54) is 0 Å². The topological polar surface area (TPSA) is 92.4 Å². The summed E-state index contributed by atoms with van der Waals surface area (Å²) in [4.78, 5) is 12.7. The number of aromatic nitrogens is 4. The molecule has 0 saturated carbocycles. The lowest BCUT2D eigenvalue weighted by atomic mass is 9.98. The molecule has 4 heterocycles. The molecular weight excluding hydrogens is 436 g/mol. The van der Waals surface area contributed by atoms with Gasteiger partial charge in [-0.15, -0.1) is 0 Å². The smallest absolute Gasteiger partial charge is 0.345 e. The van der Waals surface area contributed by atoms with Crippen LogP contribution in [0.3, 0.4) is 0 Å². The number of hydrogen-bond donors (Lipinski definition) is 1. The van der Waals surface area contributed by atoms with E-state index >= 15 is 0 Å². The molecule has 1 N–H and O–H groups in total. The highest BCUT2D eigenvalue weighted by atomic mass is 19.3. The molecule has 174 valence electrons. The number of hydrogen-bond acceptors (Lipinski definition) is 6. The molecule has 0 saturated heterocycles. The molecule has 2 atom stereocenters. The van der Waals surface area contributed by atoms with Crippen LogP contribution in [0.4, 0.5) is 8.78 Å². The third kappa shape index (κ3) is 4.68. The van der Waals surface area contributed by atoms with E-state index in [0.717, 1.165) is 22.4 Å². The number of amides is 1. The zero-order valence-electron chi connectivity index (χ0n) is 17.9. The first-order chi connectivity index (χ1) is 15.9. The normalized spacial score (nSPS) is 19.0. The maximum atomic E-state index is 12.7. The van der Waals surface area contributed by atoms with Crippen LogP contribution in [0.15, 0.2) is 36.7 Å². The quantitative estimate of drug-likeness (QED) is 0.584. The molecule has 2 aromatic heterocycles. The summed E-state index contributed by atoms with van der Waals surface area (Å²) in [5.41, 5.74) is 3.30. The highest BCUT2D eigenvalue weighted by Crippen LogP contribution is 2.30. The average molecular weight is 459 g/mol. The van der Waals surface area contributed by atoms with Crippen LogP contribution in [0.1, 0.15) is 22.5 Å². The molecule has 2 aliphatic rings. The maximum Gasteiger partial charge on any atom is 0.345 e. The van der Waals surface area contributed by atoms with E-state index in [2.05, 4.69) is 26.3 Å². The van der Waals surface area contributed by atoms with E-state index in [9.17, 15) is 13.6 Å². The lowest BCUT2D eigenvalue weighted by molar-refractivity contribution is -0.132. The largest absolute Gasteiger partial charge is 0.491 e. The van der Waals surface area contributed by atoms with Crippen LogP contribution in [0.5, 0.6) is 11.6 Å². The third-order valence-corrected chi connectivity index (χ3v) is 5.66. The van der Waals surface area contributed by atoms with Crippen molar-refractivity contribution < 1.29 is 27.8 Å². The van der Waals surface area contributed by atoms with Gasteiger partial charge in [0.25, 0.3) is 5.91 Å². The van der Waals surface area contributed by atoms with Crippen molar-refractivity contribution in [2.45, 2.75) is 38.1 Å². The lowest BCUT2D eigenvalue weighted by Crippen LogP contribution is -2.43. The predicted molar refractivity (Wildman–Crippen MR) is 112 cm³/mol. The first-order valence-electron chi connectivity index (χ1n) is 10.6. The monoisotopic (exact) mass is 459 g/mol. The van der Waals surface area contributed by atoms with E-state index in [1.54, 1.807) is 21.6 Å². The zero-order valence-corrected chi connectivity index (χ0v) is 17.9. The molecule has 5 rings (SSSR count). The minimum absolute atomic E-state index is 0.105. The fourth-order valence-electron chi connectivity index (χ4n) is 4.07. The van der Waals surface area contributed by atoms with E-state index in [0.29, 0.717) is 31.9 Å². The van der Waals surface area contributed by atoms with Crippen molar-refractivity contribution in [1.82, 2.24) is 24.9 Å². The number of benzene rings is 1. The van der Waals surface area contributed by atoms with Gasteiger partial charge in [-0.1, -0.05) is 6.07 Å². The summed E-state index contributed by atoms with van der Waals surface area (Å²) in [6.45, 7) is -2.16. The number of halogens is 2. The third-order valence-electron chi connectivity index (χ3n) is 5.66. The van der Waals surface area contributed by atoms with Gasteiger partial charge in [-0.3, -0.25) is 9.48 Å². The molecule has 0 aliphatic carbocycles. The first kappa shape index (κ1) is 21.4. The molecular formula is C22H23F2N5O4. The van der Waals surface area contributed by atoms with Crippen LogP contribution in [0.25, 0.3) is 11.1 Å². The van der Waals surface area contributed by atoms with Crippen molar-refractivity contribution in [2.24, 2.45) is 7.05 Å². The molecule has 0 bridgehead atoms. The van der Waals surface area contributed by atoms with E-state index in [4.69, 9.17) is 9.47 Å². The Hall–Kier alpha value is -3.47. The highest BCUT2D eigenvalue weighted by Gasteiger charge is 2.28. The van der Waals surface area contributed by atoms with Crippen molar-refractivity contribution in [1.29, 1.82) is 0 Å². The van der Waals surface area contributed by atoms with Gasteiger partial charge in [0.1, 0.15) is 18.5 Å². The maximum absolute atomic E-state index is 12.7. The summed E-state index contributed by atoms with van der Waals surface area (Å²) in [7, 11) is 1.87. The number of carbonyl (C=O) groups is 1. The van der Waals surface area contributed by atoms with Crippen molar-refractivity contribution >= 4 is 5.91 Å². The number of nitrogens with zero attached hydrogens (tertiary/aromatic N) is 4. The fraction of sp³-hybridized carbons (Fsp3) is 0.409. The Morgan fingerprint density at radius 1 is 1.33 bits per heavy atom. The van der Waals surface area contributed by atoms with Crippen molar-refractivity contribution in [3.8, 4) is 22.8 Å². The number of rotatable bonds is 7. The van der Waals surface area contributed by atoms with Gasteiger partial charge < -0.3 is 19.5 Å². The number of aryl methyl sites for hydroxylation is 1. The van der Waals surface area contributed by atoms with Crippen molar-refractivity contribution in [2.75, 3.05) is 13.2 Å². The Morgan fingerprint density at radius 3 is 2.97 bits per heavy atom. The minimum Gasteiger partial charge on any atom is -0.491 e. The molecule has 11 heteroatoms. The Kier molecular flexibility index (Phi) is 5.71. The number of ether oxygens (including phenoxy) is 3. The van der Waals surface area contributed by atoms with E-state index in [-0.39, 0.29) is 30.4 Å². The van der Waals surface area contributed by atoms with Gasteiger partial charge in [-0.2, -0.15) is 19.0 Å². The summed E-state index contributed by atoms with van der Waals surface area (Å²) in [6.07, 6.45) is 4.39. The Labute approximate surface area is 188 Å². The van der Waals surface area contributed by atoms with E-state index in [1.807, 2.05) is 25.4 Å². The van der Waals surface area contributed by atoms with Gasteiger partial charge >= 0.3 is 6.61 Å². The Bertz CT molecular complexity index is 1140. The molecule has 1 aromatic carbocycles. The minimum atomic E-state index is -2.79. The Balaban J connectivity index is 1.19. The van der Waals surface area contributed by atoms with Gasteiger partial charge in [0.2, 0.25) is 5.88 Å². The molecule has 0 unspecified atom stereocenters. The SMILES string of the molecule is Cn1cc(-c2ccc3c(c2)C[C@@H](NC(=O)c2cc4n(n2)C[C@@H](CCOC(F)F)O4)CO3)cn1. The molecule has 3 aromatic rings. The summed E-state index contributed by atoms with van der Waals surface area (Å²) in [6, 6.07) is 7.35. The van der Waals surface area contributed by atoms with Gasteiger partial charge in [0.15, 0.2) is 5.69 Å². The van der Waals surface area contributed by atoms with Gasteiger partial charge in [0, 0.05) is 31.3 Å². The summed E-state index contributed by atoms with van der Waals surface area (Å²) in [5.74, 6) is 0.927. The summed E-state index contributed by atoms with van der Waals surface area (Å²) < 4.78 is 43.3.